The Balaban J connectivity index is 1.44. The van der Waals surface area contributed by atoms with Crippen LogP contribution in [0.5, 0.6) is 0 Å². The summed E-state index contributed by atoms with van der Waals surface area (Å²) in [6.45, 7) is 5.97. The highest BCUT2D eigenvalue weighted by atomic mass is 16.6. The molecule has 3 unspecified atom stereocenters. The second-order valence-electron chi connectivity index (χ2n) is 10.7. The summed E-state index contributed by atoms with van der Waals surface area (Å²) in [5.41, 5.74) is 3.06. The molecule has 0 spiro atoms. The summed E-state index contributed by atoms with van der Waals surface area (Å²) in [5, 5.41) is 3.19. The van der Waals surface area contributed by atoms with Crippen LogP contribution in [-0.2, 0) is 32.0 Å². The highest BCUT2D eigenvalue weighted by Crippen LogP contribution is 2.31. The lowest BCUT2D eigenvalue weighted by atomic mass is 9.87. The number of fused-ring (bicyclic) bond motifs is 1. The number of carbonyl (C=O) groups excluding carboxylic acids is 3. The van der Waals surface area contributed by atoms with Crippen LogP contribution in [0.3, 0.4) is 0 Å². The van der Waals surface area contributed by atoms with Crippen molar-refractivity contribution < 1.29 is 28.6 Å². The minimum atomic E-state index is -0.685. The highest BCUT2D eigenvalue weighted by molar-refractivity contribution is 5.89. The van der Waals surface area contributed by atoms with E-state index in [-0.39, 0.29) is 24.6 Å². The summed E-state index contributed by atoms with van der Waals surface area (Å²) in [7, 11) is 1.34. The number of nitrogens with zero attached hydrogens (tertiary/aromatic N) is 1. The third-order valence-corrected chi connectivity index (χ3v) is 6.74. The molecular weight excluding hydrogens is 472 g/mol. The molecule has 2 aromatic rings. The molecule has 4 rings (SSSR count). The van der Waals surface area contributed by atoms with Gasteiger partial charge in [0.25, 0.3) is 0 Å². The lowest BCUT2D eigenvalue weighted by Crippen LogP contribution is -2.48. The van der Waals surface area contributed by atoms with Gasteiger partial charge in [-0.25, -0.2) is 9.59 Å². The molecule has 1 fully saturated rings. The smallest absolute Gasteiger partial charge is 0.411 e. The normalized spacial score (nSPS) is 21.2. The molecule has 3 atom stereocenters. The Morgan fingerprint density at radius 1 is 1.05 bits per heavy atom. The van der Waals surface area contributed by atoms with Crippen LogP contribution in [0.2, 0.25) is 0 Å². The predicted octanol–water partition coefficient (Wildman–Crippen LogP) is 4.56. The van der Waals surface area contributed by atoms with E-state index < -0.39 is 23.7 Å². The van der Waals surface area contributed by atoms with Crippen LogP contribution in [0.1, 0.15) is 73.1 Å². The Labute approximate surface area is 218 Å². The number of methoxy groups -OCH3 is 1. The number of carbonyl (C=O) groups is 3. The summed E-state index contributed by atoms with van der Waals surface area (Å²) in [4.78, 5) is 39.7. The first-order valence-corrected chi connectivity index (χ1v) is 12.8. The van der Waals surface area contributed by atoms with Crippen LogP contribution < -0.4 is 5.32 Å². The molecule has 2 aliphatic rings. The van der Waals surface area contributed by atoms with E-state index >= 15 is 0 Å². The molecule has 198 valence electrons. The van der Waals surface area contributed by atoms with Gasteiger partial charge in [0.15, 0.2) is 0 Å². The Morgan fingerprint density at radius 3 is 2.49 bits per heavy atom. The molecule has 0 saturated carbocycles. The summed E-state index contributed by atoms with van der Waals surface area (Å²) < 4.78 is 16.5. The summed E-state index contributed by atoms with van der Waals surface area (Å²) in [5.74, 6) is -0.591. The van der Waals surface area contributed by atoms with Crippen LogP contribution in [0.4, 0.5) is 4.79 Å². The maximum atomic E-state index is 13.5. The molecule has 8 nitrogen and oxygen atoms in total. The van der Waals surface area contributed by atoms with Gasteiger partial charge in [0, 0.05) is 6.42 Å². The Hall–Kier alpha value is -3.39. The quantitative estimate of drug-likeness (QED) is 0.575. The first-order valence-electron chi connectivity index (χ1n) is 12.8. The zero-order chi connectivity index (χ0) is 26.6. The van der Waals surface area contributed by atoms with Gasteiger partial charge >= 0.3 is 12.1 Å². The zero-order valence-electron chi connectivity index (χ0n) is 22.0. The van der Waals surface area contributed by atoms with Crippen molar-refractivity contribution in [2.75, 3.05) is 13.7 Å². The second kappa shape index (κ2) is 11.3. The molecule has 1 heterocycles. The van der Waals surface area contributed by atoms with Crippen molar-refractivity contribution in [2.24, 2.45) is 0 Å². The van der Waals surface area contributed by atoms with Crippen molar-refractivity contribution in [3.8, 4) is 0 Å². The molecule has 1 N–H and O–H groups in total. The van der Waals surface area contributed by atoms with E-state index in [0.717, 1.165) is 30.4 Å². The van der Waals surface area contributed by atoms with Crippen LogP contribution in [0.25, 0.3) is 0 Å². The Kier molecular flexibility index (Phi) is 8.17. The number of esters is 1. The van der Waals surface area contributed by atoms with E-state index in [4.69, 9.17) is 14.2 Å². The van der Waals surface area contributed by atoms with E-state index in [1.54, 1.807) is 45.0 Å². The molecule has 2 amide bonds. The van der Waals surface area contributed by atoms with Crippen molar-refractivity contribution >= 4 is 18.0 Å². The van der Waals surface area contributed by atoms with Gasteiger partial charge in [-0.15, -0.1) is 0 Å². The summed E-state index contributed by atoms with van der Waals surface area (Å²) >= 11 is 0. The van der Waals surface area contributed by atoms with E-state index in [2.05, 4.69) is 17.4 Å². The monoisotopic (exact) mass is 508 g/mol. The number of hydrogen-bond acceptors (Lipinski definition) is 6. The SMILES string of the molecule is COC(=O)c1ccc(COC2CC(C(=O)NC3CCCc4ccccc43)N(C(=O)OC(C)(C)C)C2)cc1. The van der Waals surface area contributed by atoms with Crippen molar-refractivity contribution in [3.05, 3.63) is 70.8 Å². The number of benzene rings is 2. The first kappa shape index (κ1) is 26.7. The van der Waals surface area contributed by atoms with Crippen molar-refractivity contribution in [2.45, 2.75) is 76.9 Å². The molecule has 2 aromatic carbocycles. The van der Waals surface area contributed by atoms with Crippen LogP contribution >= 0.6 is 0 Å². The number of hydrogen-bond donors (Lipinski definition) is 1. The first-order chi connectivity index (χ1) is 17.6. The van der Waals surface area contributed by atoms with E-state index in [1.807, 2.05) is 12.1 Å². The van der Waals surface area contributed by atoms with Crippen molar-refractivity contribution in [1.29, 1.82) is 0 Å². The predicted molar refractivity (Wildman–Crippen MR) is 138 cm³/mol. The Bertz CT molecular complexity index is 1120. The number of amides is 2. The standard InChI is InChI=1S/C29H36N2O6/c1-29(2,3)37-28(34)31-17-22(36-18-19-12-14-21(15-13-19)27(33)35-4)16-25(31)26(32)30-24-11-7-9-20-8-5-6-10-23(20)24/h5-6,8,10,12-15,22,24-25H,7,9,11,16-18H2,1-4H3,(H,30,32). The lowest BCUT2D eigenvalue weighted by molar-refractivity contribution is -0.126. The van der Waals surface area contributed by atoms with Gasteiger partial charge in [-0.2, -0.15) is 0 Å². The third-order valence-electron chi connectivity index (χ3n) is 6.74. The maximum Gasteiger partial charge on any atom is 0.411 e. The largest absolute Gasteiger partial charge is 0.465 e. The number of nitrogens with one attached hydrogen (secondary N) is 1. The molecule has 1 aliphatic heterocycles. The van der Waals surface area contributed by atoms with E-state index in [0.29, 0.717) is 18.6 Å². The average Bonchev–Trinajstić information content (AvgIpc) is 3.31. The van der Waals surface area contributed by atoms with Gasteiger partial charge in [-0.05, 0) is 68.9 Å². The Morgan fingerprint density at radius 2 is 1.78 bits per heavy atom. The van der Waals surface area contributed by atoms with Gasteiger partial charge in [0.05, 0.1) is 38.0 Å². The van der Waals surface area contributed by atoms with Crippen LogP contribution in [0, 0.1) is 0 Å². The van der Waals surface area contributed by atoms with Gasteiger partial charge in [-0.3, -0.25) is 9.69 Å². The van der Waals surface area contributed by atoms with Gasteiger partial charge in [-0.1, -0.05) is 36.4 Å². The van der Waals surface area contributed by atoms with Crippen LogP contribution in [0.15, 0.2) is 48.5 Å². The topological polar surface area (TPSA) is 94.2 Å². The third kappa shape index (κ3) is 6.68. The highest BCUT2D eigenvalue weighted by Gasteiger charge is 2.42. The van der Waals surface area contributed by atoms with Crippen molar-refractivity contribution in [1.82, 2.24) is 10.2 Å². The fourth-order valence-corrected chi connectivity index (χ4v) is 4.93. The molecule has 1 saturated heterocycles. The molecular formula is C29H36N2O6. The number of rotatable bonds is 6. The second-order valence-corrected chi connectivity index (χ2v) is 10.7. The molecule has 8 heteroatoms. The summed E-state index contributed by atoms with van der Waals surface area (Å²) in [6, 6.07) is 14.4. The van der Waals surface area contributed by atoms with Crippen molar-refractivity contribution in [3.63, 3.8) is 0 Å². The van der Waals surface area contributed by atoms with Gasteiger partial charge in [0.2, 0.25) is 5.91 Å². The molecule has 1 aliphatic carbocycles. The maximum absolute atomic E-state index is 13.5. The average molecular weight is 509 g/mol. The minimum absolute atomic E-state index is 0.0776. The number of ether oxygens (including phenoxy) is 3. The van der Waals surface area contributed by atoms with E-state index in [9.17, 15) is 14.4 Å². The zero-order valence-corrected chi connectivity index (χ0v) is 22.0. The minimum Gasteiger partial charge on any atom is -0.465 e. The van der Waals surface area contributed by atoms with E-state index in [1.165, 1.54) is 17.6 Å². The molecule has 0 bridgehead atoms. The molecule has 37 heavy (non-hydrogen) atoms. The van der Waals surface area contributed by atoms with Gasteiger partial charge in [0.1, 0.15) is 11.6 Å². The molecule has 0 aromatic heterocycles. The summed E-state index contributed by atoms with van der Waals surface area (Å²) in [6.07, 6.45) is 2.39. The molecule has 0 radical (unpaired) electrons. The fraction of sp³-hybridized carbons (Fsp3) is 0.483. The van der Waals surface area contributed by atoms with Crippen LogP contribution in [-0.4, -0.2) is 54.3 Å². The number of likely N-dealkylation sites (tertiary alicyclic amines) is 1. The fourth-order valence-electron chi connectivity index (χ4n) is 4.93. The van der Waals surface area contributed by atoms with Gasteiger partial charge < -0.3 is 19.5 Å². The lowest BCUT2D eigenvalue weighted by Gasteiger charge is -2.30. The number of aryl methyl sites for hydroxylation is 1.